The van der Waals surface area contributed by atoms with Crippen LogP contribution in [0.4, 0.5) is 0 Å². The number of carbonyl (C=O) groups excluding carboxylic acids is 1. The third kappa shape index (κ3) is 3.24. The average molecular weight is 288 g/mol. The highest BCUT2D eigenvalue weighted by atomic mass is 16.1. The Kier molecular flexibility index (Phi) is 4.63. The summed E-state index contributed by atoms with van der Waals surface area (Å²) in [5, 5.41) is 3.19. The number of hydrogen-bond acceptors (Lipinski definition) is 3. The number of benzene rings is 1. The van der Waals surface area contributed by atoms with Crippen molar-refractivity contribution in [1.82, 2.24) is 14.9 Å². The molecule has 21 heavy (non-hydrogen) atoms. The number of likely N-dealkylation sites (N-methyl/N-ethyl adjacent to an activating group) is 1. The van der Waals surface area contributed by atoms with Gasteiger partial charge in [-0.3, -0.25) is 4.79 Å². The largest absolute Gasteiger partial charge is 0.368 e. The fraction of sp³-hybridized carbons (Fsp3) is 0.500. The number of nitrogens with zero attached hydrogens (tertiary/aromatic N) is 2. The van der Waals surface area contributed by atoms with Crippen LogP contribution in [-0.4, -0.2) is 27.5 Å². The van der Waals surface area contributed by atoms with Gasteiger partial charge in [0.05, 0.1) is 16.6 Å². The maximum absolute atomic E-state index is 11.6. The van der Waals surface area contributed by atoms with E-state index >= 15 is 0 Å². The maximum atomic E-state index is 11.6. The summed E-state index contributed by atoms with van der Waals surface area (Å²) in [7, 11) is 0. The van der Waals surface area contributed by atoms with Gasteiger partial charge in [0, 0.05) is 6.54 Å². The first-order valence-corrected chi connectivity index (χ1v) is 7.45. The quantitative estimate of drug-likeness (QED) is 0.818. The molecule has 0 saturated carbocycles. The van der Waals surface area contributed by atoms with Gasteiger partial charge in [0.15, 0.2) is 0 Å². The number of aryl methyl sites for hydroxylation is 2. The van der Waals surface area contributed by atoms with E-state index in [0.29, 0.717) is 6.42 Å². The highest BCUT2D eigenvalue weighted by Gasteiger charge is 2.29. The van der Waals surface area contributed by atoms with E-state index < -0.39 is 5.54 Å². The van der Waals surface area contributed by atoms with Gasteiger partial charge >= 0.3 is 0 Å². The number of nitrogens with two attached hydrogens (primary N) is 1. The summed E-state index contributed by atoms with van der Waals surface area (Å²) in [5.74, 6) is 0.706. The van der Waals surface area contributed by atoms with E-state index in [2.05, 4.69) is 20.9 Å². The molecule has 1 aromatic carbocycles. The highest BCUT2D eigenvalue weighted by molar-refractivity contribution is 5.84. The van der Waals surface area contributed by atoms with Gasteiger partial charge in [0.1, 0.15) is 5.82 Å². The summed E-state index contributed by atoms with van der Waals surface area (Å²) >= 11 is 0. The number of imidazole rings is 1. The second kappa shape index (κ2) is 6.26. The van der Waals surface area contributed by atoms with Crippen molar-refractivity contribution in [2.45, 2.75) is 45.7 Å². The lowest BCUT2D eigenvalue weighted by atomic mass is 9.95. The fourth-order valence-electron chi connectivity index (χ4n) is 2.76. The lowest BCUT2D eigenvalue weighted by Gasteiger charge is -2.27. The molecule has 3 N–H and O–H groups in total. The number of hydrogen-bond donors (Lipinski definition) is 2. The topological polar surface area (TPSA) is 72.9 Å². The van der Waals surface area contributed by atoms with Gasteiger partial charge in [-0.15, -0.1) is 0 Å². The molecule has 0 bridgehead atoms. The zero-order valence-electron chi connectivity index (χ0n) is 13.0. The lowest BCUT2D eigenvalue weighted by Crippen LogP contribution is -2.53. The number of aromatic nitrogens is 2. The Bertz CT molecular complexity index is 634. The summed E-state index contributed by atoms with van der Waals surface area (Å²) in [5.41, 5.74) is 7.03. The van der Waals surface area contributed by atoms with Gasteiger partial charge in [-0.25, -0.2) is 4.98 Å². The van der Waals surface area contributed by atoms with Crippen molar-refractivity contribution in [3.05, 3.63) is 30.1 Å². The SMILES string of the molecule is CCNC(C)(CCCn1c(C)nc2ccccc21)C(N)=O. The fourth-order valence-corrected chi connectivity index (χ4v) is 2.76. The molecule has 1 atom stereocenters. The first-order valence-electron chi connectivity index (χ1n) is 7.45. The van der Waals surface area contributed by atoms with Crippen LogP contribution in [-0.2, 0) is 11.3 Å². The molecule has 1 amide bonds. The van der Waals surface area contributed by atoms with Gasteiger partial charge in [-0.2, -0.15) is 0 Å². The Labute approximate surface area is 125 Å². The Hall–Kier alpha value is -1.88. The van der Waals surface area contributed by atoms with Crippen LogP contribution in [0.25, 0.3) is 11.0 Å². The number of amides is 1. The Balaban J connectivity index is 2.08. The molecule has 0 fully saturated rings. The zero-order chi connectivity index (χ0) is 15.5. The van der Waals surface area contributed by atoms with Gasteiger partial charge in [-0.1, -0.05) is 19.1 Å². The molecular weight excluding hydrogens is 264 g/mol. The molecule has 114 valence electrons. The van der Waals surface area contributed by atoms with Crippen LogP contribution in [0, 0.1) is 6.92 Å². The molecule has 0 aliphatic heterocycles. The minimum Gasteiger partial charge on any atom is -0.368 e. The minimum absolute atomic E-state index is 0.295. The van der Waals surface area contributed by atoms with Crippen LogP contribution in [0.3, 0.4) is 0 Å². The Morgan fingerprint density at radius 2 is 2.14 bits per heavy atom. The van der Waals surface area contributed by atoms with Crippen LogP contribution in [0.15, 0.2) is 24.3 Å². The Morgan fingerprint density at radius 1 is 1.43 bits per heavy atom. The Morgan fingerprint density at radius 3 is 2.81 bits per heavy atom. The molecule has 1 unspecified atom stereocenters. The van der Waals surface area contributed by atoms with Crippen molar-refractivity contribution in [2.75, 3.05) is 6.54 Å². The summed E-state index contributed by atoms with van der Waals surface area (Å²) < 4.78 is 2.20. The van der Waals surface area contributed by atoms with Crippen molar-refractivity contribution in [2.24, 2.45) is 5.73 Å². The maximum Gasteiger partial charge on any atom is 0.237 e. The standard InChI is InChI=1S/C16H24N4O/c1-4-18-16(3,15(17)21)10-7-11-20-12(2)19-13-8-5-6-9-14(13)20/h5-6,8-9,18H,4,7,10-11H2,1-3H3,(H2,17,21). The molecule has 2 rings (SSSR count). The third-order valence-corrected chi connectivity index (χ3v) is 4.01. The van der Waals surface area contributed by atoms with Gasteiger partial charge in [0.2, 0.25) is 5.91 Å². The third-order valence-electron chi connectivity index (χ3n) is 4.01. The molecule has 0 radical (unpaired) electrons. The molecule has 5 nitrogen and oxygen atoms in total. The predicted molar refractivity (Wildman–Crippen MR) is 85.0 cm³/mol. The number of carbonyl (C=O) groups is 1. The number of nitrogens with one attached hydrogen (secondary N) is 1. The van der Waals surface area contributed by atoms with Gasteiger partial charge in [0.25, 0.3) is 0 Å². The highest BCUT2D eigenvalue weighted by Crippen LogP contribution is 2.18. The molecule has 1 aromatic heterocycles. The molecule has 2 aromatic rings. The normalized spacial score (nSPS) is 14.2. The van der Waals surface area contributed by atoms with E-state index in [-0.39, 0.29) is 5.91 Å². The molecular formula is C16H24N4O. The second-order valence-corrected chi connectivity index (χ2v) is 5.63. The van der Waals surface area contributed by atoms with Crippen molar-refractivity contribution in [1.29, 1.82) is 0 Å². The van der Waals surface area contributed by atoms with E-state index in [1.165, 1.54) is 0 Å². The summed E-state index contributed by atoms with van der Waals surface area (Å²) in [6, 6.07) is 8.11. The van der Waals surface area contributed by atoms with E-state index in [1.54, 1.807) is 0 Å². The number of fused-ring (bicyclic) bond motifs is 1. The van der Waals surface area contributed by atoms with Crippen LogP contribution in [0.2, 0.25) is 0 Å². The second-order valence-electron chi connectivity index (χ2n) is 5.63. The van der Waals surface area contributed by atoms with Crippen molar-refractivity contribution >= 4 is 16.9 Å². The van der Waals surface area contributed by atoms with Crippen molar-refractivity contribution in [3.63, 3.8) is 0 Å². The number of rotatable bonds is 7. The monoisotopic (exact) mass is 288 g/mol. The van der Waals surface area contributed by atoms with Crippen molar-refractivity contribution < 1.29 is 4.79 Å². The van der Waals surface area contributed by atoms with Crippen LogP contribution in [0.5, 0.6) is 0 Å². The summed E-state index contributed by atoms with van der Waals surface area (Å²) in [6.45, 7) is 7.43. The van der Waals surface area contributed by atoms with E-state index in [0.717, 1.165) is 36.4 Å². The molecule has 0 aliphatic rings. The van der Waals surface area contributed by atoms with E-state index in [4.69, 9.17) is 5.73 Å². The lowest BCUT2D eigenvalue weighted by molar-refractivity contribution is -0.124. The van der Waals surface area contributed by atoms with Gasteiger partial charge < -0.3 is 15.6 Å². The smallest absolute Gasteiger partial charge is 0.237 e. The number of primary amides is 1. The van der Waals surface area contributed by atoms with Crippen LogP contribution >= 0.6 is 0 Å². The van der Waals surface area contributed by atoms with Crippen LogP contribution < -0.4 is 11.1 Å². The zero-order valence-corrected chi connectivity index (χ0v) is 13.0. The van der Waals surface area contributed by atoms with Crippen molar-refractivity contribution in [3.8, 4) is 0 Å². The average Bonchev–Trinajstić information content (AvgIpc) is 2.75. The molecule has 1 heterocycles. The molecule has 5 heteroatoms. The number of para-hydroxylation sites is 2. The molecule has 0 aliphatic carbocycles. The molecule has 0 spiro atoms. The van der Waals surface area contributed by atoms with Gasteiger partial charge in [-0.05, 0) is 45.4 Å². The minimum atomic E-state index is -0.640. The van der Waals surface area contributed by atoms with E-state index in [1.807, 2.05) is 39.0 Å². The molecule has 0 saturated heterocycles. The van der Waals surface area contributed by atoms with Crippen LogP contribution in [0.1, 0.15) is 32.5 Å². The van der Waals surface area contributed by atoms with E-state index in [9.17, 15) is 4.79 Å². The summed E-state index contributed by atoms with van der Waals surface area (Å²) in [6.07, 6.45) is 1.58. The predicted octanol–water partition coefficient (Wildman–Crippen LogP) is 1.98. The first-order chi connectivity index (χ1) is 9.98. The summed E-state index contributed by atoms with van der Waals surface area (Å²) in [4.78, 5) is 16.2. The first kappa shape index (κ1) is 15.5.